The zero-order valence-electron chi connectivity index (χ0n) is 13.4. The molecule has 0 aromatic heterocycles. The van der Waals surface area contributed by atoms with Crippen molar-refractivity contribution in [3.05, 3.63) is 69.7 Å². The summed E-state index contributed by atoms with van der Waals surface area (Å²) in [5.74, 6) is 0. The van der Waals surface area contributed by atoms with Gasteiger partial charge in [-0.05, 0) is 0 Å². The molecule has 0 aliphatic carbocycles. The second-order valence-corrected chi connectivity index (χ2v) is 31.5. The first-order valence-electron chi connectivity index (χ1n) is 7.66. The molecule has 130 valence electrons. The summed E-state index contributed by atoms with van der Waals surface area (Å²) < 4.78 is 27.7. The number of unbranched alkanes of at least 4 members (excludes halogenated alkanes) is 1. The number of halogens is 2. The molecule has 0 bridgehead atoms. The molecule has 0 aliphatic heterocycles. The van der Waals surface area contributed by atoms with E-state index in [0.717, 1.165) is 26.5 Å². The molecule has 0 saturated heterocycles. The number of rotatable bonds is 7. The van der Waals surface area contributed by atoms with Crippen molar-refractivity contribution in [1.29, 1.82) is 0 Å². The third-order valence-corrected chi connectivity index (χ3v) is 21.4. The molecule has 0 unspecified atom stereocenters. The van der Waals surface area contributed by atoms with Crippen LogP contribution in [0.3, 0.4) is 0 Å². The Balaban J connectivity index is 2.49. The maximum absolute atomic E-state index is 12.8. The van der Waals surface area contributed by atoms with Crippen LogP contribution >= 0.6 is 25.5 Å². The Morgan fingerprint density at radius 3 is 2.08 bits per heavy atom. The van der Waals surface area contributed by atoms with Gasteiger partial charge in [-0.15, -0.1) is 0 Å². The number of benzene rings is 2. The molecule has 0 radical (unpaired) electrons. The van der Waals surface area contributed by atoms with E-state index >= 15 is 0 Å². The van der Waals surface area contributed by atoms with Crippen LogP contribution in [0.2, 0.25) is 0 Å². The van der Waals surface area contributed by atoms with Crippen LogP contribution in [-0.2, 0) is 9.84 Å². The zero-order chi connectivity index (χ0) is 17.6. The molecule has 0 heterocycles. The van der Waals surface area contributed by atoms with Crippen LogP contribution in [0, 0.1) is 0 Å². The van der Waals surface area contributed by atoms with E-state index in [4.69, 9.17) is 0 Å². The normalized spacial score (nSPS) is 13.7. The molecule has 0 spiro atoms. The molecule has 6 heteroatoms. The molecule has 0 atom stereocenters. The summed E-state index contributed by atoms with van der Waals surface area (Å²) in [6.45, 7) is 2.11. The molecular formula is C18H20Br2O2STe. The van der Waals surface area contributed by atoms with Gasteiger partial charge in [-0.25, -0.2) is 0 Å². The van der Waals surface area contributed by atoms with Crippen LogP contribution in [0.15, 0.2) is 74.6 Å². The first-order chi connectivity index (χ1) is 11.4. The minimum absolute atomic E-state index is 0.339. The first-order valence-corrected chi connectivity index (χ1v) is 22.0. The molecule has 2 rings (SSSR count). The van der Waals surface area contributed by atoms with E-state index in [1.807, 2.05) is 24.3 Å². The number of hydrogen-bond acceptors (Lipinski definition) is 2. The van der Waals surface area contributed by atoms with Gasteiger partial charge in [0.25, 0.3) is 0 Å². The van der Waals surface area contributed by atoms with Gasteiger partial charge in [0.15, 0.2) is 0 Å². The van der Waals surface area contributed by atoms with E-state index < -0.39 is 23.6 Å². The van der Waals surface area contributed by atoms with Gasteiger partial charge in [0.1, 0.15) is 0 Å². The van der Waals surface area contributed by atoms with Gasteiger partial charge in [-0.1, -0.05) is 0 Å². The van der Waals surface area contributed by atoms with E-state index in [-0.39, 0.29) is 0 Å². The van der Waals surface area contributed by atoms with Crippen LogP contribution in [0.4, 0.5) is 0 Å². The zero-order valence-corrected chi connectivity index (χ0v) is 19.7. The van der Waals surface area contributed by atoms with E-state index in [1.165, 1.54) is 5.41 Å². The average molecular weight is 588 g/mol. The molecule has 24 heavy (non-hydrogen) atoms. The van der Waals surface area contributed by atoms with Gasteiger partial charge in [0.05, 0.1) is 0 Å². The third-order valence-electron chi connectivity index (χ3n) is 3.50. The van der Waals surface area contributed by atoms with Crippen molar-refractivity contribution in [2.75, 3.05) is 0 Å². The second kappa shape index (κ2) is 9.00. The fourth-order valence-electron chi connectivity index (χ4n) is 2.19. The third kappa shape index (κ3) is 5.19. The van der Waals surface area contributed by atoms with Crippen molar-refractivity contribution in [3.8, 4) is 0 Å². The van der Waals surface area contributed by atoms with Crippen LogP contribution in [0.5, 0.6) is 0 Å². The summed E-state index contributed by atoms with van der Waals surface area (Å²) >= 11 is 4.77. The molecule has 0 fully saturated rings. The van der Waals surface area contributed by atoms with Crippen molar-refractivity contribution in [3.63, 3.8) is 0 Å². The van der Waals surface area contributed by atoms with Crippen molar-refractivity contribution >= 4 is 52.7 Å². The summed E-state index contributed by atoms with van der Waals surface area (Å²) in [5.41, 5.74) is 0. The van der Waals surface area contributed by atoms with E-state index in [9.17, 15) is 8.42 Å². The Morgan fingerprint density at radius 2 is 1.54 bits per heavy atom. The van der Waals surface area contributed by atoms with Gasteiger partial charge in [0, 0.05) is 0 Å². The van der Waals surface area contributed by atoms with E-state index in [0.29, 0.717) is 4.90 Å². The first kappa shape index (κ1) is 20.2. The van der Waals surface area contributed by atoms with E-state index in [1.54, 1.807) is 24.3 Å². The van der Waals surface area contributed by atoms with Crippen molar-refractivity contribution in [1.82, 2.24) is 0 Å². The SMILES string of the molecule is CCCC/C(=C\S(=O)(=O)c1ccccc1)[Te](Br)(Br)c1ccccc1. The van der Waals surface area contributed by atoms with Gasteiger partial charge in [-0.3, -0.25) is 0 Å². The Labute approximate surface area is 160 Å². The van der Waals surface area contributed by atoms with Crippen LogP contribution < -0.4 is 3.61 Å². The summed E-state index contributed by atoms with van der Waals surface area (Å²) in [4.78, 5) is 0.339. The maximum atomic E-state index is 12.8. The van der Waals surface area contributed by atoms with Crippen LogP contribution in [0.25, 0.3) is 0 Å². The summed E-state index contributed by atoms with van der Waals surface area (Å²) in [7, 11) is -3.46. The standard InChI is InChI=1S/C18H20Br2O2STe/c1-2-3-12-18(24(19,20)17-13-8-5-9-14-17)15-23(21,22)16-10-6-4-7-11-16/h4-11,13-15H,2-3,12H2,1H3/b18-15+. The van der Waals surface area contributed by atoms with Crippen molar-refractivity contribution < 1.29 is 8.42 Å². The number of sulfone groups is 1. The van der Waals surface area contributed by atoms with Gasteiger partial charge >= 0.3 is 162 Å². The van der Waals surface area contributed by atoms with Crippen LogP contribution in [0.1, 0.15) is 26.2 Å². The molecule has 0 aliphatic rings. The number of allylic oxidation sites excluding steroid dienone is 1. The molecule has 0 amide bonds. The summed E-state index contributed by atoms with van der Waals surface area (Å²) in [6.07, 6.45) is 2.76. The molecule has 0 N–H and O–H groups in total. The molecular weight excluding hydrogens is 568 g/mol. The molecule has 0 saturated carbocycles. The average Bonchev–Trinajstić information content (AvgIpc) is 2.60. The topological polar surface area (TPSA) is 34.1 Å². The summed E-state index contributed by atoms with van der Waals surface area (Å²) in [6, 6.07) is 18.7. The molecule has 2 aromatic rings. The molecule has 2 nitrogen and oxygen atoms in total. The Morgan fingerprint density at radius 1 is 1.00 bits per heavy atom. The second-order valence-electron chi connectivity index (χ2n) is 5.33. The number of hydrogen-bond donors (Lipinski definition) is 0. The van der Waals surface area contributed by atoms with Crippen LogP contribution in [-0.4, -0.2) is 22.2 Å². The quantitative estimate of drug-likeness (QED) is 0.417. The summed E-state index contributed by atoms with van der Waals surface area (Å²) in [5, 5.41) is 1.48. The molecule has 2 aromatic carbocycles. The van der Waals surface area contributed by atoms with Gasteiger partial charge in [-0.2, -0.15) is 0 Å². The van der Waals surface area contributed by atoms with Gasteiger partial charge < -0.3 is 0 Å². The Kier molecular flexibility index (Phi) is 7.58. The predicted octanol–water partition coefficient (Wildman–Crippen LogP) is 5.21. The Hall–Kier alpha value is -0.120. The minimum atomic E-state index is -3.46. The van der Waals surface area contributed by atoms with E-state index in [2.05, 4.69) is 44.6 Å². The Bertz CT molecular complexity index is 788. The van der Waals surface area contributed by atoms with Crippen molar-refractivity contribution in [2.45, 2.75) is 31.1 Å². The fourth-order valence-corrected chi connectivity index (χ4v) is 17.1. The van der Waals surface area contributed by atoms with Gasteiger partial charge in [0.2, 0.25) is 0 Å². The predicted molar refractivity (Wildman–Crippen MR) is 111 cm³/mol. The van der Waals surface area contributed by atoms with Crippen molar-refractivity contribution in [2.24, 2.45) is 0 Å². The monoisotopic (exact) mass is 588 g/mol. The fraction of sp³-hybridized carbons (Fsp3) is 0.222.